The molecular weight excluding hydrogens is 252 g/mol. The molecule has 1 unspecified atom stereocenters. The first-order valence-corrected chi connectivity index (χ1v) is 8.05. The number of rotatable bonds is 0. The van der Waals surface area contributed by atoms with Crippen LogP contribution in [0.15, 0.2) is 0 Å². The number of carbonyl (C=O) groups excluding carboxylic acids is 1. The van der Waals surface area contributed by atoms with Crippen molar-refractivity contribution in [2.75, 3.05) is 6.54 Å². The molecule has 3 fully saturated rings. The van der Waals surface area contributed by atoms with Crippen LogP contribution in [0.5, 0.6) is 0 Å². The van der Waals surface area contributed by atoms with E-state index in [1.165, 1.54) is 25.7 Å². The van der Waals surface area contributed by atoms with Crippen LogP contribution in [0.2, 0.25) is 0 Å². The molecule has 1 aliphatic carbocycles. The summed E-state index contributed by atoms with van der Waals surface area (Å²) in [5, 5.41) is 3.76. The van der Waals surface area contributed by atoms with E-state index in [1.807, 2.05) is 25.7 Å². The van der Waals surface area contributed by atoms with E-state index in [0.29, 0.717) is 18.1 Å². The molecule has 0 aromatic rings. The standard InChI is InChI=1S/C16H28N2O2/c1-15(2,3)20-14(19)18-10-11-9-16(4)12(17-11)7-5-6-8-13(16)18/h11-13,17H,5-10H2,1-4H3/t11-,12?,13+,16-/m0/s1. The zero-order valence-corrected chi connectivity index (χ0v) is 13.2. The van der Waals surface area contributed by atoms with E-state index in [0.717, 1.165) is 13.0 Å². The molecule has 2 bridgehead atoms. The number of fused-ring (bicyclic) bond motifs is 1. The highest BCUT2D eigenvalue weighted by Gasteiger charge is 2.56. The van der Waals surface area contributed by atoms with E-state index in [1.54, 1.807) is 0 Å². The lowest BCUT2D eigenvalue weighted by atomic mass is 9.71. The summed E-state index contributed by atoms with van der Waals surface area (Å²) >= 11 is 0. The molecule has 3 aliphatic rings. The van der Waals surface area contributed by atoms with Crippen molar-refractivity contribution in [1.29, 1.82) is 0 Å². The van der Waals surface area contributed by atoms with Crippen LogP contribution in [-0.4, -0.2) is 41.3 Å². The Morgan fingerprint density at radius 1 is 1.30 bits per heavy atom. The second-order valence-electron chi connectivity index (χ2n) is 8.06. The highest BCUT2D eigenvalue weighted by molar-refractivity contribution is 5.69. The van der Waals surface area contributed by atoms with Gasteiger partial charge in [0, 0.05) is 30.1 Å². The Balaban J connectivity index is 1.84. The average Bonchev–Trinajstić information content (AvgIpc) is 2.47. The summed E-state index contributed by atoms with van der Waals surface area (Å²) in [5.41, 5.74) is -0.178. The smallest absolute Gasteiger partial charge is 0.410 e. The third kappa shape index (κ3) is 2.32. The molecule has 1 amide bonds. The Morgan fingerprint density at radius 2 is 2.00 bits per heavy atom. The van der Waals surface area contributed by atoms with Gasteiger partial charge in [-0.1, -0.05) is 19.8 Å². The number of hydrogen-bond acceptors (Lipinski definition) is 3. The van der Waals surface area contributed by atoms with Gasteiger partial charge in [-0.25, -0.2) is 4.79 Å². The lowest BCUT2D eigenvalue weighted by Gasteiger charge is -2.46. The second-order valence-corrected chi connectivity index (χ2v) is 8.06. The molecule has 2 aliphatic heterocycles. The molecule has 2 heterocycles. The fourth-order valence-electron chi connectivity index (χ4n) is 4.52. The number of likely N-dealkylation sites (tertiary alicyclic amines) is 1. The number of nitrogens with zero attached hydrogens (tertiary/aromatic N) is 1. The van der Waals surface area contributed by atoms with Crippen molar-refractivity contribution in [3.05, 3.63) is 0 Å². The zero-order valence-electron chi connectivity index (χ0n) is 13.2. The Bertz CT molecular complexity index is 404. The monoisotopic (exact) mass is 280 g/mol. The zero-order chi connectivity index (χ0) is 14.5. The van der Waals surface area contributed by atoms with Crippen LogP contribution in [-0.2, 0) is 4.74 Å². The van der Waals surface area contributed by atoms with Gasteiger partial charge in [0.25, 0.3) is 0 Å². The Kier molecular flexibility index (Phi) is 3.27. The highest BCUT2D eigenvalue weighted by atomic mass is 16.6. The molecule has 3 rings (SSSR count). The topological polar surface area (TPSA) is 41.6 Å². The van der Waals surface area contributed by atoms with Crippen LogP contribution in [0.3, 0.4) is 0 Å². The number of hydrogen-bond donors (Lipinski definition) is 1. The number of amides is 1. The van der Waals surface area contributed by atoms with Gasteiger partial charge < -0.3 is 15.0 Å². The fourth-order valence-corrected chi connectivity index (χ4v) is 4.52. The number of nitrogens with one attached hydrogen (secondary N) is 1. The van der Waals surface area contributed by atoms with Gasteiger partial charge in [-0.3, -0.25) is 0 Å². The third-order valence-electron chi connectivity index (χ3n) is 5.32. The molecule has 114 valence electrons. The van der Waals surface area contributed by atoms with Gasteiger partial charge in [0.05, 0.1) is 0 Å². The Labute approximate surface area is 122 Å². The normalized spacial score (nSPS) is 40.4. The van der Waals surface area contributed by atoms with E-state index < -0.39 is 5.60 Å². The van der Waals surface area contributed by atoms with E-state index in [4.69, 9.17) is 4.74 Å². The fraction of sp³-hybridized carbons (Fsp3) is 0.938. The molecule has 0 aromatic carbocycles. The van der Waals surface area contributed by atoms with Gasteiger partial charge in [0.15, 0.2) is 0 Å². The summed E-state index contributed by atoms with van der Waals surface area (Å²) in [4.78, 5) is 14.6. The van der Waals surface area contributed by atoms with Gasteiger partial charge in [-0.05, 0) is 40.0 Å². The van der Waals surface area contributed by atoms with E-state index in [2.05, 4.69) is 12.2 Å². The lowest BCUT2D eigenvalue weighted by Crippen LogP contribution is -2.56. The molecule has 4 heteroatoms. The van der Waals surface area contributed by atoms with Crippen molar-refractivity contribution >= 4 is 6.09 Å². The van der Waals surface area contributed by atoms with Crippen molar-refractivity contribution in [3.63, 3.8) is 0 Å². The maximum atomic E-state index is 12.6. The van der Waals surface area contributed by atoms with Crippen molar-refractivity contribution in [3.8, 4) is 0 Å². The molecule has 4 atom stereocenters. The minimum atomic E-state index is -0.411. The summed E-state index contributed by atoms with van der Waals surface area (Å²) in [5.74, 6) is 0. The molecular formula is C16H28N2O2. The van der Waals surface area contributed by atoms with Gasteiger partial charge >= 0.3 is 6.09 Å². The van der Waals surface area contributed by atoms with Gasteiger partial charge in [-0.2, -0.15) is 0 Å². The van der Waals surface area contributed by atoms with Crippen LogP contribution in [0.4, 0.5) is 4.79 Å². The van der Waals surface area contributed by atoms with Crippen molar-refractivity contribution in [2.24, 2.45) is 5.41 Å². The van der Waals surface area contributed by atoms with Gasteiger partial charge in [0.2, 0.25) is 0 Å². The molecule has 0 aromatic heterocycles. The largest absolute Gasteiger partial charge is 0.444 e. The van der Waals surface area contributed by atoms with E-state index >= 15 is 0 Å². The first-order valence-electron chi connectivity index (χ1n) is 8.05. The molecule has 4 nitrogen and oxygen atoms in total. The van der Waals surface area contributed by atoms with Gasteiger partial charge in [0.1, 0.15) is 5.60 Å². The number of piperidine rings is 1. The third-order valence-corrected chi connectivity index (χ3v) is 5.32. The van der Waals surface area contributed by atoms with Crippen molar-refractivity contribution in [2.45, 2.75) is 83.5 Å². The molecule has 1 saturated carbocycles. The van der Waals surface area contributed by atoms with Crippen molar-refractivity contribution < 1.29 is 9.53 Å². The molecule has 0 spiro atoms. The summed E-state index contributed by atoms with van der Waals surface area (Å²) in [6.07, 6.45) is 5.97. The Hall–Kier alpha value is -0.770. The van der Waals surface area contributed by atoms with Crippen LogP contribution in [0.1, 0.15) is 59.8 Å². The maximum Gasteiger partial charge on any atom is 0.410 e. The van der Waals surface area contributed by atoms with Crippen molar-refractivity contribution in [1.82, 2.24) is 10.2 Å². The molecule has 0 radical (unpaired) electrons. The average molecular weight is 280 g/mol. The van der Waals surface area contributed by atoms with E-state index in [-0.39, 0.29) is 11.5 Å². The summed E-state index contributed by atoms with van der Waals surface area (Å²) in [7, 11) is 0. The minimum absolute atomic E-state index is 0.122. The molecule has 20 heavy (non-hydrogen) atoms. The SMILES string of the molecule is CC(C)(C)OC(=O)N1C[C@@H]2C[C@@]3(C)C(CCCC[C@@H]13)N2. The highest BCUT2D eigenvalue weighted by Crippen LogP contribution is 2.49. The van der Waals surface area contributed by atoms with Crippen LogP contribution in [0.25, 0.3) is 0 Å². The summed E-state index contributed by atoms with van der Waals surface area (Å²) in [6.45, 7) is 9.01. The second kappa shape index (κ2) is 4.62. The molecule has 1 N–H and O–H groups in total. The van der Waals surface area contributed by atoms with Crippen LogP contribution >= 0.6 is 0 Å². The van der Waals surface area contributed by atoms with Crippen LogP contribution in [0, 0.1) is 5.41 Å². The van der Waals surface area contributed by atoms with E-state index in [9.17, 15) is 4.79 Å². The first-order chi connectivity index (χ1) is 9.29. The lowest BCUT2D eigenvalue weighted by molar-refractivity contribution is -0.0147. The predicted octanol–water partition coefficient (Wildman–Crippen LogP) is 2.92. The first kappa shape index (κ1) is 14.2. The Morgan fingerprint density at radius 3 is 2.70 bits per heavy atom. The molecule has 2 saturated heterocycles. The van der Waals surface area contributed by atoms with Crippen LogP contribution < -0.4 is 5.32 Å². The quantitative estimate of drug-likeness (QED) is 0.742. The predicted molar refractivity (Wildman–Crippen MR) is 78.6 cm³/mol. The number of carbonyl (C=O) groups is 1. The summed E-state index contributed by atoms with van der Waals surface area (Å²) < 4.78 is 5.64. The minimum Gasteiger partial charge on any atom is -0.444 e. The summed E-state index contributed by atoms with van der Waals surface area (Å²) in [6, 6.07) is 1.37. The van der Waals surface area contributed by atoms with Gasteiger partial charge in [-0.15, -0.1) is 0 Å². The maximum absolute atomic E-state index is 12.6. The number of ether oxygens (including phenoxy) is 1.